The van der Waals surface area contributed by atoms with Gasteiger partial charge in [0.25, 0.3) is 0 Å². The summed E-state index contributed by atoms with van der Waals surface area (Å²) in [5.41, 5.74) is 0. The minimum absolute atomic E-state index is 0.356. The summed E-state index contributed by atoms with van der Waals surface area (Å²) in [6.45, 7) is 10.3. The molecule has 7 nitrogen and oxygen atoms in total. The summed E-state index contributed by atoms with van der Waals surface area (Å²) in [5, 5.41) is 6.31. The van der Waals surface area contributed by atoms with Crippen LogP contribution in [0, 0.1) is 5.92 Å². The van der Waals surface area contributed by atoms with Gasteiger partial charge in [-0.15, -0.1) is 0 Å². The zero-order valence-electron chi connectivity index (χ0n) is 14.8. The van der Waals surface area contributed by atoms with Crippen molar-refractivity contribution in [1.29, 1.82) is 0 Å². The molecule has 1 heterocycles. The summed E-state index contributed by atoms with van der Waals surface area (Å²) in [6.07, 6.45) is 4.82. The van der Waals surface area contributed by atoms with Crippen LogP contribution in [-0.4, -0.2) is 71.3 Å². The molecule has 0 radical (unpaired) electrons. The van der Waals surface area contributed by atoms with Gasteiger partial charge in [0.05, 0.1) is 6.26 Å². The van der Waals surface area contributed by atoms with Crippen LogP contribution in [0.4, 0.5) is 0 Å². The molecule has 0 amide bonds. The third-order valence-corrected chi connectivity index (χ3v) is 4.63. The topological polar surface area (TPSA) is 85.8 Å². The number of rotatable bonds is 9. The van der Waals surface area contributed by atoms with E-state index in [9.17, 15) is 8.42 Å². The van der Waals surface area contributed by atoms with Crippen molar-refractivity contribution in [3.63, 3.8) is 0 Å². The molecule has 3 N–H and O–H groups in total. The molecular formula is C15H33N5O2S. The van der Waals surface area contributed by atoms with Gasteiger partial charge in [0, 0.05) is 26.2 Å². The van der Waals surface area contributed by atoms with Crippen LogP contribution in [-0.2, 0) is 10.0 Å². The number of hydrogen-bond acceptors (Lipinski definition) is 4. The first-order chi connectivity index (χ1) is 10.9. The van der Waals surface area contributed by atoms with Crippen LogP contribution in [0.2, 0.25) is 0 Å². The standard InChI is InChI=1S/C15H33N5O2S/c1-4-16-15(18-9-10-19-23(3,21)22)17-8-5-11-20-12-6-14(2)7-13-20/h14,19H,4-13H2,1-3H3,(H2,16,17,18). The second-order valence-corrected chi connectivity index (χ2v) is 8.06. The minimum atomic E-state index is -3.13. The van der Waals surface area contributed by atoms with Gasteiger partial charge in [-0.1, -0.05) is 6.92 Å². The molecule has 0 aromatic rings. The molecule has 0 aromatic carbocycles. The van der Waals surface area contributed by atoms with E-state index in [1.165, 1.54) is 25.9 Å². The van der Waals surface area contributed by atoms with E-state index >= 15 is 0 Å². The number of guanidine groups is 1. The Hall–Kier alpha value is -0.860. The molecule has 1 fully saturated rings. The highest BCUT2D eigenvalue weighted by Gasteiger charge is 2.14. The fourth-order valence-corrected chi connectivity index (χ4v) is 3.00. The molecule has 0 atom stereocenters. The number of likely N-dealkylation sites (tertiary alicyclic amines) is 1. The zero-order valence-corrected chi connectivity index (χ0v) is 15.6. The summed E-state index contributed by atoms with van der Waals surface area (Å²) in [6, 6.07) is 0. The first-order valence-electron chi connectivity index (χ1n) is 8.60. The Balaban J connectivity index is 2.20. The maximum atomic E-state index is 11.0. The Bertz CT molecular complexity index is 445. The van der Waals surface area contributed by atoms with Crippen LogP contribution in [0.3, 0.4) is 0 Å². The molecule has 0 bridgehead atoms. The lowest BCUT2D eigenvalue weighted by molar-refractivity contribution is 0.192. The molecule has 0 aliphatic carbocycles. The number of piperidine rings is 1. The van der Waals surface area contributed by atoms with E-state index in [-0.39, 0.29) is 0 Å². The first-order valence-corrected chi connectivity index (χ1v) is 10.5. The average Bonchev–Trinajstić information content (AvgIpc) is 2.48. The Morgan fingerprint density at radius 1 is 1.22 bits per heavy atom. The number of hydrogen-bond donors (Lipinski definition) is 3. The third-order valence-electron chi connectivity index (χ3n) is 3.90. The molecule has 1 aliphatic heterocycles. The second-order valence-electron chi connectivity index (χ2n) is 6.23. The van der Waals surface area contributed by atoms with E-state index < -0.39 is 10.0 Å². The molecule has 23 heavy (non-hydrogen) atoms. The van der Waals surface area contributed by atoms with Crippen LogP contribution < -0.4 is 15.4 Å². The Kier molecular flexibility index (Phi) is 9.50. The largest absolute Gasteiger partial charge is 0.357 e. The van der Waals surface area contributed by atoms with Gasteiger partial charge in [-0.25, -0.2) is 13.1 Å². The summed E-state index contributed by atoms with van der Waals surface area (Å²) in [5.74, 6) is 1.62. The lowest BCUT2D eigenvalue weighted by atomic mass is 9.99. The molecule has 1 rings (SSSR count). The SMILES string of the molecule is CCNC(=NCCCN1CCC(C)CC1)NCCNS(C)(=O)=O. The van der Waals surface area contributed by atoms with E-state index in [0.717, 1.165) is 44.2 Å². The van der Waals surface area contributed by atoms with E-state index in [1.807, 2.05) is 6.92 Å². The van der Waals surface area contributed by atoms with Crippen LogP contribution >= 0.6 is 0 Å². The van der Waals surface area contributed by atoms with E-state index in [1.54, 1.807) is 0 Å². The highest BCUT2D eigenvalue weighted by Crippen LogP contribution is 2.15. The van der Waals surface area contributed by atoms with E-state index in [4.69, 9.17) is 0 Å². The third kappa shape index (κ3) is 10.5. The van der Waals surface area contributed by atoms with Crippen molar-refractivity contribution in [2.75, 3.05) is 52.1 Å². The van der Waals surface area contributed by atoms with E-state index in [0.29, 0.717) is 13.1 Å². The molecule has 0 unspecified atom stereocenters. The van der Waals surface area contributed by atoms with Crippen molar-refractivity contribution >= 4 is 16.0 Å². The van der Waals surface area contributed by atoms with Gasteiger partial charge in [0.15, 0.2) is 5.96 Å². The molecule has 1 saturated heterocycles. The second kappa shape index (κ2) is 10.8. The van der Waals surface area contributed by atoms with Gasteiger partial charge in [-0.05, 0) is 51.7 Å². The number of sulfonamides is 1. The molecule has 8 heteroatoms. The quantitative estimate of drug-likeness (QED) is 0.315. The van der Waals surface area contributed by atoms with Crippen molar-refractivity contribution in [1.82, 2.24) is 20.3 Å². The highest BCUT2D eigenvalue weighted by molar-refractivity contribution is 7.88. The summed E-state index contributed by atoms with van der Waals surface area (Å²) < 4.78 is 24.4. The van der Waals surface area contributed by atoms with Crippen molar-refractivity contribution in [2.45, 2.75) is 33.1 Å². The van der Waals surface area contributed by atoms with Gasteiger partial charge in [0.1, 0.15) is 0 Å². The molecule has 0 spiro atoms. The number of aliphatic imine (C=N–C) groups is 1. The Morgan fingerprint density at radius 3 is 2.52 bits per heavy atom. The maximum absolute atomic E-state index is 11.0. The van der Waals surface area contributed by atoms with Gasteiger partial charge in [-0.3, -0.25) is 4.99 Å². The van der Waals surface area contributed by atoms with Gasteiger partial charge >= 0.3 is 0 Å². The Morgan fingerprint density at radius 2 is 1.91 bits per heavy atom. The minimum Gasteiger partial charge on any atom is -0.357 e. The van der Waals surface area contributed by atoms with Gasteiger partial charge in [-0.2, -0.15) is 0 Å². The Labute approximate surface area is 141 Å². The van der Waals surface area contributed by atoms with Gasteiger partial charge < -0.3 is 15.5 Å². The zero-order chi connectivity index (χ0) is 17.1. The van der Waals surface area contributed by atoms with Crippen molar-refractivity contribution in [3.05, 3.63) is 0 Å². The van der Waals surface area contributed by atoms with Crippen LogP contribution in [0.25, 0.3) is 0 Å². The normalized spacial score (nSPS) is 18.1. The summed E-state index contributed by atoms with van der Waals surface area (Å²) in [7, 11) is -3.13. The summed E-state index contributed by atoms with van der Waals surface area (Å²) in [4.78, 5) is 7.06. The maximum Gasteiger partial charge on any atom is 0.208 e. The smallest absolute Gasteiger partial charge is 0.208 e. The molecule has 136 valence electrons. The van der Waals surface area contributed by atoms with E-state index in [2.05, 4.69) is 32.2 Å². The monoisotopic (exact) mass is 347 g/mol. The van der Waals surface area contributed by atoms with Crippen molar-refractivity contribution in [3.8, 4) is 0 Å². The molecule has 1 aliphatic rings. The fraction of sp³-hybridized carbons (Fsp3) is 0.933. The highest BCUT2D eigenvalue weighted by atomic mass is 32.2. The van der Waals surface area contributed by atoms with Crippen LogP contribution in [0.5, 0.6) is 0 Å². The first kappa shape index (κ1) is 20.2. The number of nitrogens with one attached hydrogen (secondary N) is 3. The lowest BCUT2D eigenvalue weighted by Gasteiger charge is -2.29. The number of nitrogens with zero attached hydrogens (tertiary/aromatic N) is 2. The van der Waals surface area contributed by atoms with Crippen LogP contribution in [0.1, 0.15) is 33.1 Å². The van der Waals surface area contributed by atoms with Crippen LogP contribution in [0.15, 0.2) is 4.99 Å². The molecule has 0 aromatic heterocycles. The predicted molar refractivity (Wildman–Crippen MR) is 96.3 cm³/mol. The average molecular weight is 348 g/mol. The summed E-state index contributed by atoms with van der Waals surface area (Å²) >= 11 is 0. The lowest BCUT2D eigenvalue weighted by Crippen LogP contribution is -2.41. The van der Waals surface area contributed by atoms with Crippen molar-refractivity contribution < 1.29 is 8.42 Å². The van der Waals surface area contributed by atoms with Gasteiger partial charge in [0.2, 0.25) is 10.0 Å². The predicted octanol–water partition coefficient (Wildman–Crippen LogP) is 0.213. The van der Waals surface area contributed by atoms with Crippen molar-refractivity contribution in [2.24, 2.45) is 10.9 Å². The molecule has 0 saturated carbocycles. The fourth-order valence-electron chi connectivity index (χ4n) is 2.53. The molecular weight excluding hydrogens is 314 g/mol.